The fraction of sp³-hybridized carbons (Fsp3) is 0.429. The van der Waals surface area contributed by atoms with Gasteiger partial charge in [0.05, 0.1) is 6.54 Å². The van der Waals surface area contributed by atoms with Crippen molar-refractivity contribution in [3.63, 3.8) is 0 Å². The van der Waals surface area contributed by atoms with Crippen LogP contribution >= 0.6 is 0 Å². The van der Waals surface area contributed by atoms with Gasteiger partial charge in [-0.1, -0.05) is 30.3 Å². The molecule has 0 aliphatic rings. The number of carbonyl (C=O) groups excluding carboxylic acids is 2. The fourth-order valence-electron chi connectivity index (χ4n) is 1.50. The summed E-state index contributed by atoms with van der Waals surface area (Å²) < 4.78 is 5.31. The molecule has 0 saturated carbocycles. The normalized spacial score (nSPS) is 12.6. The number of hydrogen-bond acceptors (Lipinski definition) is 4. The van der Waals surface area contributed by atoms with E-state index in [2.05, 4.69) is 5.32 Å². The standard InChI is InChI=1S/C14H20N2O3/c1-14(2,3)19-13(18)12(16-11(17)9-15)10-7-5-4-6-8-10/h4-8,12H,9,15H2,1-3H3,(H,16,17)/t12-/m0/s1. The second-order valence-electron chi connectivity index (χ2n) is 5.15. The molecule has 1 aromatic rings. The van der Waals surface area contributed by atoms with Crippen molar-refractivity contribution in [3.05, 3.63) is 35.9 Å². The van der Waals surface area contributed by atoms with Crippen molar-refractivity contribution in [2.24, 2.45) is 5.73 Å². The van der Waals surface area contributed by atoms with Gasteiger partial charge in [-0.25, -0.2) is 4.79 Å². The molecule has 0 aliphatic heterocycles. The number of rotatable bonds is 4. The Hall–Kier alpha value is -1.88. The highest BCUT2D eigenvalue weighted by atomic mass is 16.6. The van der Waals surface area contributed by atoms with Crippen LogP contribution in [0.5, 0.6) is 0 Å². The maximum atomic E-state index is 12.1. The molecule has 1 rings (SSSR count). The molecule has 3 N–H and O–H groups in total. The summed E-state index contributed by atoms with van der Waals surface area (Å²) in [6.45, 7) is 5.15. The molecule has 1 amide bonds. The highest BCUT2D eigenvalue weighted by molar-refractivity contribution is 5.86. The third-order valence-electron chi connectivity index (χ3n) is 2.27. The fourth-order valence-corrected chi connectivity index (χ4v) is 1.50. The van der Waals surface area contributed by atoms with Gasteiger partial charge in [0.2, 0.25) is 5.91 Å². The van der Waals surface area contributed by atoms with Crippen LogP contribution in [0.3, 0.4) is 0 Å². The topological polar surface area (TPSA) is 81.4 Å². The molecule has 0 fully saturated rings. The van der Waals surface area contributed by atoms with Gasteiger partial charge < -0.3 is 15.8 Å². The summed E-state index contributed by atoms with van der Waals surface area (Å²) >= 11 is 0. The first kappa shape index (κ1) is 15.2. The van der Waals surface area contributed by atoms with E-state index in [1.807, 2.05) is 6.07 Å². The number of esters is 1. The van der Waals surface area contributed by atoms with Crippen molar-refractivity contribution >= 4 is 11.9 Å². The van der Waals surface area contributed by atoms with Crippen LogP contribution < -0.4 is 11.1 Å². The summed E-state index contributed by atoms with van der Waals surface area (Å²) in [7, 11) is 0. The maximum Gasteiger partial charge on any atom is 0.333 e. The van der Waals surface area contributed by atoms with E-state index in [9.17, 15) is 9.59 Å². The predicted molar refractivity (Wildman–Crippen MR) is 72.2 cm³/mol. The maximum absolute atomic E-state index is 12.1. The smallest absolute Gasteiger partial charge is 0.333 e. The molecule has 1 aromatic carbocycles. The lowest BCUT2D eigenvalue weighted by Crippen LogP contribution is -2.40. The Balaban J connectivity index is 2.93. The molecule has 0 heterocycles. The highest BCUT2D eigenvalue weighted by Crippen LogP contribution is 2.18. The minimum Gasteiger partial charge on any atom is -0.458 e. The summed E-state index contributed by atoms with van der Waals surface area (Å²) in [6, 6.07) is 8.09. The van der Waals surface area contributed by atoms with Gasteiger partial charge in [-0.2, -0.15) is 0 Å². The zero-order chi connectivity index (χ0) is 14.5. The van der Waals surface area contributed by atoms with Gasteiger partial charge in [-0.3, -0.25) is 4.79 Å². The Labute approximate surface area is 113 Å². The average Bonchev–Trinajstić information content (AvgIpc) is 2.34. The number of hydrogen-bond donors (Lipinski definition) is 2. The molecule has 1 atom stereocenters. The summed E-state index contributed by atoms with van der Waals surface area (Å²) in [5.74, 6) is -0.903. The van der Waals surface area contributed by atoms with Gasteiger partial charge in [0, 0.05) is 0 Å². The molecule has 19 heavy (non-hydrogen) atoms. The third-order valence-corrected chi connectivity index (χ3v) is 2.27. The van der Waals surface area contributed by atoms with Crippen LogP contribution in [-0.4, -0.2) is 24.0 Å². The number of carbonyl (C=O) groups is 2. The highest BCUT2D eigenvalue weighted by Gasteiger charge is 2.27. The molecule has 0 spiro atoms. The van der Waals surface area contributed by atoms with Crippen LogP contribution in [-0.2, 0) is 14.3 Å². The third kappa shape index (κ3) is 5.09. The number of amides is 1. The van der Waals surface area contributed by atoms with Crippen LogP contribution in [0, 0.1) is 0 Å². The van der Waals surface area contributed by atoms with Crippen molar-refractivity contribution < 1.29 is 14.3 Å². The Morgan fingerprint density at radius 3 is 2.32 bits per heavy atom. The molecule has 0 unspecified atom stereocenters. The van der Waals surface area contributed by atoms with Gasteiger partial charge >= 0.3 is 5.97 Å². The van der Waals surface area contributed by atoms with Crippen LogP contribution in [0.4, 0.5) is 0 Å². The van der Waals surface area contributed by atoms with Crippen molar-refractivity contribution in [2.75, 3.05) is 6.54 Å². The van der Waals surface area contributed by atoms with E-state index in [-0.39, 0.29) is 6.54 Å². The number of nitrogens with one attached hydrogen (secondary N) is 1. The second-order valence-corrected chi connectivity index (χ2v) is 5.15. The second kappa shape index (κ2) is 6.33. The zero-order valence-corrected chi connectivity index (χ0v) is 11.5. The SMILES string of the molecule is CC(C)(C)OC(=O)[C@@H](NC(=O)CN)c1ccccc1. The monoisotopic (exact) mass is 264 g/mol. The summed E-state index contributed by atoms with van der Waals surface area (Å²) in [5.41, 5.74) is 5.31. The molecule has 0 aromatic heterocycles. The predicted octanol–water partition coefficient (Wildman–Crippen LogP) is 1.14. The molecular weight excluding hydrogens is 244 g/mol. The summed E-state index contributed by atoms with van der Waals surface area (Å²) in [5, 5.41) is 2.57. The molecule has 0 bridgehead atoms. The van der Waals surface area contributed by atoms with E-state index < -0.39 is 23.5 Å². The first-order chi connectivity index (χ1) is 8.83. The first-order valence-electron chi connectivity index (χ1n) is 6.11. The summed E-state index contributed by atoms with van der Waals surface area (Å²) in [6.07, 6.45) is 0. The van der Waals surface area contributed by atoms with Gasteiger partial charge in [-0.05, 0) is 26.3 Å². The largest absolute Gasteiger partial charge is 0.458 e. The number of ether oxygens (including phenoxy) is 1. The molecule has 0 radical (unpaired) electrons. The van der Waals surface area contributed by atoms with Crippen LogP contribution in [0.25, 0.3) is 0 Å². The molecular formula is C14H20N2O3. The van der Waals surface area contributed by atoms with E-state index in [1.165, 1.54) is 0 Å². The molecule has 0 saturated heterocycles. The molecule has 5 heteroatoms. The van der Waals surface area contributed by atoms with Gasteiger partial charge in [0.1, 0.15) is 5.60 Å². The average molecular weight is 264 g/mol. The lowest BCUT2D eigenvalue weighted by atomic mass is 10.1. The minimum atomic E-state index is -0.837. The van der Waals surface area contributed by atoms with Crippen molar-refractivity contribution in [2.45, 2.75) is 32.4 Å². The van der Waals surface area contributed by atoms with E-state index in [0.717, 1.165) is 0 Å². The van der Waals surface area contributed by atoms with E-state index in [4.69, 9.17) is 10.5 Å². The zero-order valence-electron chi connectivity index (χ0n) is 11.5. The van der Waals surface area contributed by atoms with Gasteiger partial charge in [0.25, 0.3) is 0 Å². The molecule has 0 aliphatic carbocycles. The van der Waals surface area contributed by atoms with Crippen LogP contribution in [0.15, 0.2) is 30.3 Å². The minimum absolute atomic E-state index is 0.174. The van der Waals surface area contributed by atoms with Crippen molar-refractivity contribution in [1.82, 2.24) is 5.32 Å². The summed E-state index contributed by atoms with van der Waals surface area (Å²) in [4.78, 5) is 23.6. The van der Waals surface area contributed by atoms with E-state index in [1.54, 1.807) is 45.0 Å². The van der Waals surface area contributed by atoms with Crippen LogP contribution in [0.1, 0.15) is 32.4 Å². The number of nitrogens with two attached hydrogens (primary N) is 1. The van der Waals surface area contributed by atoms with Gasteiger partial charge in [-0.15, -0.1) is 0 Å². The van der Waals surface area contributed by atoms with Crippen molar-refractivity contribution in [3.8, 4) is 0 Å². The first-order valence-corrected chi connectivity index (χ1v) is 6.11. The molecule has 5 nitrogen and oxygen atoms in total. The van der Waals surface area contributed by atoms with Crippen molar-refractivity contribution in [1.29, 1.82) is 0 Å². The quantitative estimate of drug-likeness (QED) is 0.799. The lowest BCUT2D eigenvalue weighted by Gasteiger charge is -2.24. The molecule has 104 valence electrons. The van der Waals surface area contributed by atoms with E-state index in [0.29, 0.717) is 5.56 Å². The lowest BCUT2D eigenvalue weighted by molar-refractivity contribution is -0.158. The van der Waals surface area contributed by atoms with E-state index >= 15 is 0 Å². The Kier molecular flexibility index (Phi) is 5.06. The Morgan fingerprint density at radius 2 is 1.84 bits per heavy atom. The number of benzene rings is 1. The Bertz CT molecular complexity index is 438. The van der Waals surface area contributed by atoms with Crippen LogP contribution in [0.2, 0.25) is 0 Å². The Morgan fingerprint density at radius 1 is 1.26 bits per heavy atom. The van der Waals surface area contributed by atoms with Gasteiger partial charge in [0.15, 0.2) is 6.04 Å².